The Labute approximate surface area is 169 Å². The van der Waals surface area contributed by atoms with Crippen LogP contribution in [-0.4, -0.2) is 46.6 Å². The molecule has 0 radical (unpaired) electrons. The van der Waals surface area contributed by atoms with Crippen molar-refractivity contribution in [1.29, 1.82) is 0 Å². The third-order valence-electron chi connectivity index (χ3n) is 4.31. The molecule has 0 fully saturated rings. The summed E-state index contributed by atoms with van der Waals surface area (Å²) >= 11 is 0. The summed E-state index contributed by atoms with van der Waals surface area (Å²) in [4.78, 5) is 23.3. The number of nitrogens with zero attached hydrogens (tertiary/aromatic N) is 3. The fourth-order valence-electron chi connectivity index (χ4n) is 2.77. The lowest BCUT2D eigenvalue weighted by Gasteiger charge is -2.35. The van der Waals surface area contributed by atoms with Crippen LogP contribution < -0.4 is 9.47 Å². The molecular weight excluding hydrogens is 378 g/mol. The van der Waals surface area contributed by atoms with E-state index < -0.39 is 9.85 Å². The van der Waals surface area contributed by atoms with Gasteiger partial charge in [-0.2, -0.15) is 0 Å². The van der Waals surface area contributed by atoms with Crippen molar-refractivity contribution in [2.75, 3.05) is 26.3 Å². The van der Waals surface area contributed by atoms with Crippen LogP contribution in [0.5, 0.6) is 11.5 Å². The molecule has 0 spiro atoms. The Morgan fingerprint density at radius 2 is 1.17 bits per heavy atom. The van der Waals surface area contributed by atoms with Gasteiger partial charge < -0.3 is 9.47 Å². The molecule has 0 N–H and O–H groups in total. The molecule has 0 aliphatic heterocycles. The summed E-state index contributed by atoms with van der Waals surface area (Å²) in [6.07, 6.45) is 0. The number of ether oxygens (including phenoxy) is 2. The van der Waals surface area contributed by atoms with E-state index in [4.69, 9.17) is 9.47 Å². The summed E-state index contributed by atoms with van der Waals surface area (Å²) in [7, 11) is 0. The quantitative estimate of drug-likeness (QED) is 0.435. The van der Waals surface area contributed by atoms with Crippen molar-refractivity contribution in [3.63, 3.8) is 0 Å². The maximum absolute atomic E-state index is 11.1. The molecule has 2 aromatic carbocycles. The number of hydrogen-bond donors (Lipinski definition) is 0. The van der Waals surface area contributed by atoms with E-state index in [1.165, 1.54) is 12.1 Å². The van der Waals surface area contributed by atoms with E-state index in [1.54, 1.807) is 36.4 Å². The zero-order valence-electron chi connectivity index (χ0n) is 16.7. The number of para-hydroxylation sites is 4. The van der Waals surface area contributed by atoms with E-state index >= 15 is 0 Å². The fraction of sp³-hybridized carbons (Fsp3) is 0.400. The van der Waals surface area contributed by atoms with Crippen molar-refractivity contribution >= 4 is 11.4 Å². The molecule has 0 aliphatic carbocycles. The van der Waals surface area contributed by atoms with Crippen LogP contribution >= 0.6 is 0 Å². The van der Waals surface area contributed by atoms with Gasteiger partial charge in [-0.05, 0) is 32.9 Å². The molecule has 9 nitrogen and oxygen atoms in total. The molecule has 0 aromatic heterocycles. The number of rotatable bonds is 10. The summed E-state index contributed by atoms with van der Waals surface area (Å²) in [5.74, 6) is 0.449. The third-order valence-corrected chi connectivity index (χ3v) is 4.31. The SMILES string of the molecule is CC(C)(C)N(CCOc1ccccc1[N+](=O)[O-])CCOc1ccccc1[N+](=O)[O-]. The predicted molar refractivity (Wildman–Crippen MR) is 109 cm³/mol. The van der Waals surface area contributed by atoms with Gasteiger partial charge >= 0.3 is 11.4 Å². The Hall–Kier alpha value is -3.20. The van der Waals surface area contributed by atoms with Gasteiger partial charge in [0.1, 0.15) is 13.2 Å². The molecule has 29 heavy (non-hydrogen) atoms. The minimum atomic E-state index is -0.475. The molecule has 156 valence electrons. The zero-order valence-corrected chi connectivity index (χ0v) is 16.7. The summed E-state index contributed by atoms with van der Waals surface area (Å²) in [5, 5.41) is 22.2. The first-order valence-electron chi connectivity index (χ1n) is 9.17. The standard InChI is InChI=1S/C20H25N3O6/c1-20(2,3)21(12-14-28-18-10-6-4-8-16(18)22(24)25)13-15-29-19-11-7-5-9-17(19)23(26)27/h4-11H,12-15H2,1-3H3. The Kier molecular flexibility index (Phi) is 7.49. The minimum absolute atomic E-state index is 0.0745. The highest BCUT2D eigenvalue weighted by Gasteiger charge is 2.22. The van der Waals surface area contributed by atoms with Gasteiger partial charge in [-0.15, -0.1) is 0 Å². The Bertz CT molecular complexity index is 787. The molecule has 0 heterocycles. The summed E-state index contributed by atoms with van der Waals surface area (Å²) < 4.78 is 11.3. The maximum Gasteiger partial charge on any atom is 0.310 e. The first kappa shape index (κ1) is 22.1. The van der Waals surface area contributed by atoms with Crippen LogP contribution in [-0.2, 0) is 0 Å². The second-order valence-electron chi connectivity index (χ2n) is 7.30. The molecular formula is C20H25N3O6. The molecule has 2 rings (SSSR count). The molecule has 0 unspecified atom stereocenters. The van der Waals surface area contributed by atoms with Gasteiger partial charge in [0.2, 0.25) is 0 Å². The van der Waals surface area contributed by atoms with Crippen molar-refractivity contribution in [3.8, 4) is 11.5 Å². The van der Waals surface area contributed by atoms with Crippen molar-refractivity contribution in [2.45, 2.75) is 26.3 Å². The van der Waals surface area contributed by atoms with E-state index in [0.717, 1.165) is 0 Å². The molecule has 0 saturated heterocycles. The van der Waals surface area contributed by atoms with Gasteiger partial charge in [0, 0.05) is 30.8 Å². The van der Waals surface area contributed by atoms with E-state index in [0.29, 0.717) is 13.1 Å². The van der Waals surface area contributed by atoms with Crippen LogP contribution in [0.15, 0.2) is 48.5 Å². The largest absolute Gasteiger partial charge is 0.485 e. The van der Waals surface area contributed by atoms with Gasteiger partial charge in [-0.25, -0.2) is 0 Å². The van der Waals surface area contributed by atoms with Crippen LogP contribution in [0.3, 0.4) is 0 Å². The summed E-state index contributed by atoms with van der Waals surface area (Å²) in [6, 6.07) is 12.5. The van der Waals surface area contributed by atoms with Gasteiger partial charge in [0.05, 0.1) is 9.85 Å². The molecule has 0 atom stereocenters. The first-order valence-corrected chi connectivity index (χ1v) is 9.17. The predicted octanol–water partition coefficient (Wildman–Crippen LogP) is 4.06. The normalized spacial score (nSPS) is 11.3. The van der Waals surface area contributed by atoms with Crippen molar-refractivity contribution in [2.24, 2.45) is 0 Å². The Balaban J connectivity index is 1.94. The van der Waals surface area contributed by atoms with E-state index in [2.05, 4.69) is 4.90 Å². The van der Waals surface area contributed by atoms with E-state index in [-0.39, 0.29) is 41.6 Å². The van der Waals surface area contributed by atoms with Gasteiger partial charge in [-0.1, -0.05) is 24.3 Å². The lowest BCUT2D eigenvalue weighted by atomic mass is 10.1. The van der Waals surface area contributed by atoms with Crippen LogP contribution in [0.1, 0.15) is 20.8 Å². The second kappa shape index (κ2) is 9.83. The number of nitro benzene ring substituents is 2. The van der Waals surface area contributed by atoms with Crippen molar-refractivity contribution < 1.29 is 19.3 Å². The van der Waals surface area contributed by atoms with E-state index in [9.17, 15) is 20.2 Å². The minimum Gasteiger partial charge on any atom is -0.485 e. The second-order valence-corrected chi connectivity index (χ2v) is 7.30. The maximum atomic E-state index is 11.1. The topological polar surface area (TPSA) is 108 Å². The lowest BCUT2D eigenvalue weighted by Crippen LogP contribution is -2.45. The smallest absolute Gasteiger partial charge is 0.310 e. The molecule has 2 aromatic rings. The van der Waals surface area contributed by atoms with Crippen LogP contribution in [0.25, 0.3) is 0 Å². The average molecular weight is 403 g/mol. The highest BCUT2D eigenvalue weighted by Crippen LogP contribution is 2.27. The Morgan fingerprint density at radius 1 is 0.793 bits per heavy atom. The monoisotopic (exact) mass is 403 g/mol. The highest BCUT2D eigenvalue weighted by atomic mass is 16.6. The van der Waals surface area contributed by atoms with Gasteiger partial charge in [-0.3, -0.25) is 25.1 Å². The average Bonchev–Trinajstić information content (AvgIpc) is 2.66. The fourth-order valence-corrected chi connectivity index (χ4v) is 2.77. The van der Waals surface area contributed by atoms with Gasteiger partial charge in [0.25, 0.3) is 0 Å². The first-order chi connectivity index (χ1) is 13.7. The molecule has 0 aliphatic rings. The van der Waals surface area contributed by atoms with Crippen molar-refractivity contribution in [3.05, 3.63) is 68.8 Å². The van der Waals surface area contributed by atoms with Gasteiger partial charge in [0.15, 0.2) is 11.5 Å². The molecule has 9 heteroatoms. The Morgan fingerprint density at radius 3 is 1.52 bits per heavy atom. The molecule has 0 saturated carbocycles. The van der Waals surface area contributed by atoms with Crippen LogP contribution in [0.4, 0.5) is 11.4 Å². The third kappa shape index (κ3) is 6.42. The lowest BCUT2D eigenvalue weighted by molar-refractivity contribution is -0.386. The summed E-state index contributed by atoms with van der Waals surface area (Å²) in [6.45, 7) is 7.63. The molecule has 0 amide bonds. The molecule has 0 bridgehead atoms. The summed E-state index contributed by atoms with van der Waals surface area (Å²) in [5.41, 5.74) is -0.359. The zero-order chi connectivity index (χ0) is 21.4. The van der Waals surface area contributed by atoms with Crippen LogP contribution in [0.2, 0.25) is 0 Å². The van der Waals surface area contributed by atoms with Crippen molar-refractivity contribution in [1.82, 2.24) is 4.90 Å². The number of nitro groups is 2. The number of benzene rings is 2. The van der Waals surface area contributed by atoms with E-state index in [1.807, 2.05) is 20.8 Å². The number of hydrogen-bond acceptors (Lipinski definition) is 7. The highest BCUT2D eigenvalue weighted by molar-refractivity contribution is 5.46. The van der Waals surface area contributed by atoms with Crippen LogP contribution in [0, 0.1) is 20.2 Å².